The van der Waals surface area contributed by atoms with Gasteiger partial charge in [-0.25, -0.2) is 0 Å². The molecule has 1 aromatic carbocycles. The molecule has 0 radical (unpaired) electrons. The van der Waals surface area contributed by atoms with Gasteiger partial charge in [0.2, 0.25) is 0 Å². The van der Waals surface area contributed by atoms with E-state index in [0.717, 1.165) is 16.9 Å². The van der Waals surface area contributed by atoms with Gasteiger partial charge in [-0.1, -0.05) is 38.1 Å². The minimum atomic E-state index is 0.341. The average molecular weight is 322 g/mol. The van der Waals surface area contributed by atoms with Crippen LogP contribution in [0.25, 0.3) is 0 Å². The van der Waals surface area contributed by atoms with Gasteiger partial charge in [0.05, 0.1) is 0 Å². The monoisotopic (exact) mass is 321 g/mol. The summed E-state index contributed by atoms with van der Waals surface area (Å²) < 4.78 is 0. The summed E-state index contributed by atoms with van der Waals surface area (Å²) in [5.41, 5.74) is 9.75. The van der Waals surface area contributed by atoms with E-state index in [1.807, 2.05) is 0 Å². The summed E-state index contributed by atoms with van der Waals surface area (Å²) in [5, 5.41) is 2.14. The number of thioether (sulfide) groups is 2. The first-order chi connectivity index (χ1) is 10.1. The summed E-state index contributed by atoms with van der Waals surface area (Å²) in [5.74, 6) is 1.91. The van der Waals surface area contributed by atoms with Crippen LogP contribution in [0.4, 0.5) is 0 Å². The van der Waals surface area contributed by atoms with Gasteiger partial charge in [-0.05, 0) is 42.7 Å². The molecule has 3 heteroatoms. The minimum absolute atomic E-state index is 0.341. The van der Waals surface area contributed by atoms with Crippen molar-refractivity contribution in [2.75, 3.05) is 5.75 Å². The van der Waals surface area contributed by atoms with Gasteiger partial charge in [0, 0.05) is 27.5 Å². The van der Waals surface area contributed by atoms with Gasteiger partial charge in [-0.2, -0.15) is 23.5 Å². The minimum Gasteiger partial charge on any atom is -0.327 e. The highest BCUT2D eigenvalue weighted by Crippen LogP contribution is 2.40. The molecule has 116 valence electrons. The van der Waals surface area contributed by atoms with Crippen LogP contribution in [0, 0.1) is 0 Å². The van der Waals surface area contributed by atoms with Crippen molar-refractivity contribution < 1.29 is 0 Å². The third kappa shape index (κ3) is 3.62. The van der Waals surface area contributed by atoms with E-state index in [-0.39, 0.29) is 0 Å². The third-order valence-corrected chi connectivity index (χ3v) is 8.67. The van der Waals surface area contributed by atoms with Crippen molar-refractivity contribution in [3.05, 3.63) is 35.4 Å². The Balaban J connectivity index is 1.64. The maximum atomic E-state index is 6.61. The smallest absolute Gasteiger partial charge is 0.0292 e. The zero-order chi connectivity index (χ0) is 14.8. The topological polar surface area (TPSA) is 26.0 Å². The van der Waals surface area contributed by atoms with Crippen molar-refractivity contribution in [3.63, 3.8) is 0 Å². The zero-order valence-electron chi connectivity index (χ0n) is 13.1. The third-order valence-electron chi connectivity index (χ3n) is 5.10. The van der Waals surface area contributed by atoms with Crippen LogP contribution in [0.2, 0.25) is 0 Å². The molecular formula is C18H27NS2. The molecule has 1 saturated heterocycles. The summed E-state index contributed by atoms with van der Waals surface area (Å²) in [6, 6.07) is 9.35. The quantitative estimate of drug-likeness (QED) is 0.891. The number of hydrogen-bond acceptors (Lipinski definition) is 3. The van der Waals surface area contributed by atoms with E-state index in [1.165, 1.54) is 25.0 Å². The first kappa shape index (κ1) is 15.8. The molecule has 0 aromatic heterocycles. The van der Waals surface area contributed by atoms with E-state index in [1.54, 1.807) is 11.1 Å². The lowest BCUT2D eigenvalue weighted by molar-refractivity contribution is 0.466. The molecule has 21 heavy (non-hydrogen) atoms. The number of benzene rings is 1. The van der Waals surface area contributed by atoms with Crippen LogP contribution in [-0.2, 0) is 6.42 Å². The summed E-state index contributed by atoms with van der Waals surface area (Å²) in [6.45, 7) is 4.71. The Morgan fingerprint density at radius 1 is 1.24 bits per heavy atom. The zero-order valence-corrected chi connectivity index (χ0v) is 14.8. The number of rotatable bonds is 3. The molecule has 1 aliphatic carbocycles. The molecule has 3 rings (SSSR count). The molecular weight excluding hydrogens is 294 g/mol. The van der Waals surface area contributed by atoms with Crippen molar-refractivity contribution in [3.8, 4) is 0 Å². The molecule has 1 nitrogen and oxygen atoms in total. The number of hydrogen-bond donors (Lipinski definition) is 1. The molecule has 5 unspecified atom stereocenters. The van der Waals surface area contributed by atoms with E-state index >= 15 is 0 Å². The van der Waals surface area contributed by atoms with Crippen LogP contribution < -0.4 is 5.73 Å². The Hall–Kier alpha value is -0.120. The molecule has 0 amide bonds. The Morgan fingerprint density at radius 2 is 2.05 bits per heavy atom. The molecule has 1 heterocycles. The van der Waals surface area contributed by atoms with Crippen molar-refractivity contribution in [1.82, 2.24) is 0 Å². The van der Waals surface area contributed by atoms with Crippen LogP contribution in [-0.4, -0.2) is 27.5 Å². The van der Waals surface area contributed by atoms with Crippen LogP contribution in [0.5, 0.6) is 0 Å². The summed E-state index contributed by atoms with van der Waals surface area (Å²) in [4.78, 5) is 0. The fraction of sp³-hybridized carbons (Fsp3) is 0.667. The predicted octanol–water partition coefficient (Wildman–Crippen LogP) is 4.45. The Kier molecular flexibility index (Phi) is 5.23. The Morgan fingerprint density at radius 3 is 2.86 bits per heavy atom. The average Bonchev–Trinajstić information content (AvgIpc) is 2.50. The van der Waals surface area contributed by atoms with E-state index < -0.39 is 0 Å². The summed E-state index contributed by atoms with van der Waals surface area (Å²) in [6.07, 6.45) is 5.07. The lowest BCUT2D eigenvalue weighted by Crippen LogP contribution is -2.41. The van der Waals surface area contributed by atoms with Crippen LogP contribution in [0.1, 0.15) is 50.2 Å². The highest BCUT2D eigenvalue weighted by Gasteiger charge is 2.31. The lowest BCUT2D eigenvalue weighted by Gasteiger charge is -2.36. The van der Waals surface area contributed by atoms with Gasteiger partial charge in [0.1, 0.15) is 0 Å². The van der Waals surface area contributed by atoms with Gasteiger partial charge in [-0.3, -0.25) is 0 Å². The fourth-order valence-electron chi connectivity index (χ4n) is 3.61. The molecule has 5 atom stereocenters. The van der Waals surface area contributed by atoms with Crippen LogP contribution in [0.15, 0.2) is 24.3 Å². The fourth-order valence-corrected chi connectivity index (χ4v) is 6.69. The largest absolute Gasteiger partial charge is 0.327 e. The number of fused-ring (bicyclic) bond motifs is 1. The Bertz CT molecular complexity index is 476. The van der Waals surface area contributed by atoms with E-state index in [9.17, 15) is 0 Å². The summed E-state index contributed by atoms with van der Waals surface area (Å²) in [7, 11) is 0. The molecule has 0 saturated carbocycles. The molecule has 1 fully saturated rings. The maximum absolute atomic E-state index is 6.61. The van der Waals surface area contributed by atoms with E-state index in [0.29, 0.717) is 17.2 Å². The van der Waals surface area contributed by atoms with Crippen molar-refractivity contribution in [1.29, 1.82) is 0 Å². The van der Waals surface area contributed by atoms with Crippen molar-refractivity contribution in [2.45, 2.75) is 67.2 Å². The molecule has 0 bridgehead atoms. The predicted molar refractivity (Wildman–Crippen MR) is 97.5 cm³/mol. The van der Waals surface area contributed by atoms with Gasteiger partial charge < -0.3 is 5.73 Å². The van der Waals surface area contributed by atoms with E-state index in [4.69, 9.17) is 5.73 Å². The van der Waals surface area contributed by atoms with Gasteiger partial charge in [-0.15, -0.1) is 0 Å². The number of aryl methyl sites for hydroxylation is 1. The van der Waals surface area contributed by atoms with Crippen molar-refractivity contribution in [2.24, 2.45) is 5.73 Å². The Labute approximate surface area is 137 Å². The molecule has 2 N–H and O–H groups in total. The SMILES string of the molecule is CC1SCC(C(N)CC2CCCc3ccccc32)SC1C. The van der Waals surface area contributed by atoms with E-state index in [2.05, 4.69) is 61.6 Å². The molecule has 2 aliphatic rings. The second-order valence-corrected chi connectivity index (χ2v) is 9.64. The highest BCUT2D eigenvalue weighted by atomic mass is 32.2. The first-order valence-corrected chi connectivity index (χ1v) is 10.2. The van der Waals surface area contributed by atoms with Crippen LogP contribution in [0.3, 0.4) is 0 Å². The normalized spacial score (nSPS) is 34.2. The molecule has 1 aliphatic heterocycles. The van der Waals surface area contributed by atoms with Gasteiger partial charge in [0.15, 0.2) is 0 Å². The highest BCUT2D eigenvalue weighted by molar-refractivity contribution is 8.07. The second kappa shape index (κ2) is 6.97. The summed E-state index contributed by atoms with van der Waals surface area (Å²) >= 11 is 4.24. The van der Waals surface area contributed by atoms with Gasteiger partial charge >= 0.3 is 0 Å². The number of nitrogens with two attached hydrogens (primary N) is 1. The second-order valence-electron chi connectivity index (χ2n) is 6.61. The molecule has 1 aromatic rings. The first-order valence-electron chi connectivity index (χ1n) is 8.25. The van der Waals surface area contributed by atoms with Gasteiger partial charge in [0.25, 0.3) is 0 Å². The van der Waals surface area contributed by atoms with Crippen molar-refractivity contribution >= 4 is 23.5 Å². The standard InChI is InChI=1S/C18H27NS2/c1-12-13(2)21-18(11-20-12)17(19)10-15-8-5-7-14-6-3-4-9-16(14)15/h3-4,6,9,12-13,15,17-18H,5,7-8,10-11,19H2,1-2H3. The lowest BCUT2D eigenvalue weighted by atomic mass is 9.79. The van der Waals surface area contributed by atoms with Crippen LogP contribution >= 0.6 is 23.5 Å². The maximum Gasteiger partial charge on any atom is 0.0292 e. The molecule has 0 spiro atoms.